The second-order valence-corrected chi connectivity index (χ2v) is 8.47. The number of nitrogens with one attached hydrogen (secondary N) is 2. The number of carbonyl (C=O) groups is 1. The van der Waals surface area contributed by atoms with Crippen LogP contribution in [0.4, 0.5) is 0 Å². The summed E-state index contributed by atoms with van der Waals surface area (Å²) in [4.78, 5) is 19.1. The van der Waals surface area contributed by atoms with Crippen molar-refractivity contribution >= 4 is 35.8 Å². The van der Waals surface area contributed by atoms with Crippen LogP contribution in [-0.4, -0.2) is 57.2 Å². The number of carbonyl (C=O) groups excluding carboxylic acids is 1. The van der Waals surface area contributed by atoms with Gasteiger partial charge in [0.25, 0.3) is 0 Å². The van der Waals surface area contributed by atoms with Crippen molar-refractivity contribution in [3.05, 3.63) is 11.6 Å². The number of guanidine groups is 1. The van der Waals surface area contributed by atoms with Crippen LogP contribution in [0.3, 0.4) is 0 Å². The third-order valence-corrected chi connectivity index (χ3v) is 6.40. The number of rotatable bonds is 3. The van der Waals surface area contributed by atoms with E-state index in [0.29, 0.717) is 19.0 Å². The molecule has 1 spiro atoms. The Morgan fingerprint density at radius 1 is 1.32 bits per heavy atom. The molecule has 1 aromatic rings. The Morgan fingerprint density at radius 2 is 2.11 bits per heavy atom. The van der Waals surface area contributed by atoms with Gasteiger partial charge in [-0.05, 0) is 32.6 Å². The van der Waals surface area contributed by atoms with Crippen molar-refractivity contribution in [3.8, 4) is 0 Å². The Labute approximate surface area is 184 Å². The van der Waals surface area contributed by atoms with Gasteiger partial charge >= 0.3 is 0 Å². The molecule has 3 aliphatic rings. The lowest BCUT2D eigenvalue weighted by molar-refractivity contribution is -0.119. The van der Waals surface area contributed by atoms with E-state index >= 15 is 0 Å². The number of aliphatic imine (C=N–C) groups is 1. The van der Waals surface area contributed by atoms with Gasteiger partial charge in [-0.25, -0.2) is 4.99 Å². The van der Waals surface area contributed by atoms with Gasteiger partial charge in [0.1, 0.15) is 12.4 Å². The van der Waals surface area contributed by atoms with Crippen LogP contribution in [0.2, 0.25) is 0 Å². The minimum atomic E-state index is 0. The average Bonchev–Trinajstić information content (AvgIpc) is 3.36. The number of hydrogen-bond acceptors (Lipinski definition) is 4. The van der Waals surface area contributed by atoms with Gasteiger partial charge in [-0.3, -0.25) is 4.79 Å². The van der Waals surface area contributed by atoms with Crippen LogP contribution in [0.25, 0.3) is 0 Å². The van der Waals surface area contributed by atoms with Gasteiger partial charge in [-0.1, -0.05) is 12.8 Å². The van der Waals surface area contributed by atoms with Gasteiger partial charge in [0.2, 0.25) is 5.91 Å². The fourth-order valence-corrected chi connectivity index (χ4v) is 4.65. The Balaban J connectivity index is 0.00000225. The second-order valence-electron chi connectivity index (χ2n) is 8.47. The molecule has 9 heteroatoms. The third kappa shape index (κ3) is 4.60. The molecule has 2 aliphatic heterocycles. The zero-order valence-electron chi connectivity index (χ0n) is 16.9. The van der Waals surface area contributed by atoms with E-state index in [1.54, 1.807) is 0 Å². The monoisotopic (exact) mass is 501 g/mol. The van der Waals surface area contributed by atoms with E-state index in [1.807, 2.05) is 18.5 Å². The van der Waals surface area contributed by atoms with E-state index in [0.717, 1.165) is 50.1 Å². The average molecular weight is 501 g/mol. The molecule has 2 N–H and O–H groups in total. The quantitative estimate of drug-likeness (QED) is 0.375. The number of halogens is 1. The fraction of sp³-hybridized carbons (Fsp3) is 0.789. The molecular formula is C19H32IN7O. The van der Waals surface area contributed by atoms with Gasteiger partial charge < -0.3 is 20.1 Å². The minimum absolute atomic E-state index is 0. The first-order chi connectivity index (χ1) is 13.0. The molecule has 3 fully saturated rings. The highest BCUT2D eigenvalue weighted by Crippen LogP contribution is 2.36. The molecule has 0 bridgehead atoms. The van der Waals surface area contributed by atoms with Crippen LogP contribution >= 0.6 is 24.0 Å². The number of nitrogens with zero attached hydrogens (tertiary/aromatic N) is 5. The van der Waals surface area contributed by atoms with Crippen molar-refractivity contribution in [1.29, 1.82) is 0 Å². The lowest BCUT2D eigenvalue weighted by Gasteiger charge is -2.41. The number of aryl methyl sites for hydroxylation is 1. The lowest BCUT2D eigenvalue weighted by Crippen LogP contribution is -2.53. The summed E-state index contributed by atoms with van der Waals surface area (Å²) in [6.45, 7) is 5.15. The maximum atomic E-state index is 11.8. The Hall–Kier alpha value is -1.39. The normalized spacial score (nSPS) is 25.9. The van der Waals surface area contributed by atoms with Crippen LogP contribution in [-0.2, 0) is 18.4 Å². The number of hydrogen-bond donors (Lipinski definition) is 2. The Morgan fingerprint density at radius 3 is 2.75 bits per heavy atom. The van der Waals surface area contributed by atoms with Gasteiger partial charge in [0.15, 0.2) is 11.8 Å². The molecule has 1 atom stereocenters. The first-order valence-corrected chi connectivity index (χ1v) is 10.2. The SMILES string of the molecule is Cc1nnc(CN=C(NC2CCCC2)N2CCCC3(CNC(=O)C3)C2)n1C.I. The molecule has 3 heterocycles. The number of likely N-dealkylation sites (tertiary alicyclic amines) is 1. The smallest absolute Gasteiger partial charge is 0.220 e. The summed E-state index contributed by atoms with van der Waals surface area (Å²) in [6, 6.07) is 0.506. The number of aromatic nitrogens is 3. The largest absolute Gasteiger partial charge is 0.355 e. The fourth-order valence-electron chi connectivity index (χ4n) is 4.65. The molecule has 1 saturated carbocycles. The van der Waals surface area contributed by atoms with E-state index in [1.165, 1.54) is 25.7 Å². The number of piperidine rings is 1. The van der Waals surface area contributed by atoms with Crippen LogP contribution in [0.15, 0.2) is 4.99 Å². The summed E-state index contributed by atoms with van der Waals surface area (Å²) in [5.74, 6) is 2.94. The molecule has 1 unspecified atom stereocenters. The molecule has 2 saturated heterocycles. The molecule has 8 nitrogen and oxygen atoms in total. The molecule has 0 radical (unpaired) electrons. The van der Waals surface area contributed by atoms with E-state index < -0.39 is 0 Å². The maximum Gasteiger partial charge on any atom is 0.220 e. The van der Waals surface area contributed by atoms with Crippen LogP contribution < -0.4 is 10.6 Å². The Kier molecular flexibility index (Phi) is 6.82. The van der Waals surface area contributed by atoms with E-state index in [-0.39, 0.29) is 35.3 Å². The summed E-state index contributed by atoms with van der Waals surface area (Å²) >= 11 is 0. The molecule has 0 aromatic carbocycles. The lowest BCUT2D eigenvalue weighted by atomic mass is 9.79. The summed E-state index contributed by atoms with van der Waals surface area (Å²) < 4.78 is 1.99. The molecular weight excluding hydrogens is 469 g/mol. The molecule has 1 aliphatic carbocycles. The van der Waals surface area contributed by atoms with Crippen molar-refractivity contribution in [1.82, 2.24) is 30.3 Å². The zero-order chi connectivity index (χ0) is 18.9. The highest BCUT2D eigenvalue weighted by molar-refractivity contribution is 14.0. The van der Waals surface area contributed by atoms with E-state index in [9.17, 15) is 4.79 Å². The topological polar surface area (TPSA) is 87.4 Å². The standard InChI is InChI=1S/C19H31N7O.HI/c1-14-23-24-16(25(14)2)11-20-18(22-15-6-3-4-7-15)26-9-5-8-19(13-26)10-17(27)21-12-19;/h15H,3-13H2,1-2H3,(H,20,22)(H,21,27);1H. The third-order valence-electron chi connectivity index (χ3n) is 6.40. The van der Waals surface area contributed by atoms with Crippen molar-refractivity contribution < 1.29 is 4.79 Å². The number of amides is 1. The first kappa shape index (κ1) is 21.3. The van der Waals surface area contributed by atoms with Gasteiger partial charge in [-0.15, -0.1) is 34.2 Å². The summed E-state index contributed by atoms with van der Waals surface area (Å²) in [7, 11) is 1.98. The summed E-state index contributed by atoms with van der Waals surface area (Å²) in [5.41, 5.74) is 0.0643. The highest BCUT2D eigenvalue weighted by atomic mass is 127. The van der Waals surface area contributed by atoms with Crippen molar-refractivity contribution in [2.45, 2.75) is 64.5 Å². The molecule has 1 amide bonds. The predicted molar refractivity (Wildman–Crippen MR) is 119 cm³/mol. The van der Waals surface area contributed by atoms with E-state index in [4.69, 9.17) is 4.99 Å². The van der Waals surface area contributed by atoms with Gasteiger partial charge in [0.05, 0.1) is 0 Å². The van der Waals surface area contributed by atoms with Crippen molar-refractivity contribution in [2.24, 2.45) is 17.5 Å². The molecule has 156 valence electrons. The van der Waals surface area contributed by atoms with Crippen LogP contribution in [0.1, 0.15) is 56.6 Å². The van der Waals surface area contributed by atoms with Crippen molar-refractivity contribution in [3.63, 3.8) is 0 Å². The maximum absolute atomic E-state index is 11.8. The van der Waals surface area contributed by atoms with Crippen LogP contribution in [0, 0.1) is 12.3 Å². The van der Waals surface area contributed by atoms with Gasteiger partial charge in [-0.2, -0.15) is 0 Å². The molecule has 1 aromatic heterocycles. The first-order valence-electron chi connectivity index (χ1n) is 10.2. The van der Waals surface area contributed by atoms with E-state index in [2.05, 4.69) is 25.7 Å². The summed E-state index contributed by atoms with van der Waals surface area (Å²) in [5, 5.41) is 15.1. The minimum Gasteiger partial charge on any atom is -0.355 e. The molecule has 28 heavy (non-hydrogen) atoms. The van der Waals surface area contributed by atoms with Crippen LogP contribution in [0.5, 0.6) is 0 Å². The molecule has 4 rings (SSSR count). The van der Waals surface area contributed by atoms with Gasteiger partial charge in [0, 0.05) is 44.6 Å². The highest BCUT2D eigenvalue weighted by Gasteiger charge is 2.42. The van der Waals surface area contributed by atoms with Crippen molar-refractivity contribution in [2.75, 3.05) is 19.6 Å². The predicted octanol–water partition coefficient (Wildman–Crippen LogP) is 1.73. The second kappa shape index (κ2) is 8.96. The Bertz CT molecular complexity index is 728. The zero-order valence-corrected chi connectivity index (χ0v) is 19.2. The summed E-state index contributed by atoms with van der Waals surface area (Å²) in [6.07, 6.45) is 7.85.